The fourth-order valence-electron chi connectivity index (χ4n) is 1.50. The van der Waals surface area contributed by atoms with Crippen molar-refractivity contribution in [3.8, 4) is 0 Å². The largest absolute Gasteiger partial charge is 0.472 e. The van der Waals surface area contributed by atoms with Crippen LogP contribution in [0.3, 0.4) is 0 Å². The maximum atomic E-state index is 12.9. The standard InChI is InChI=1S/C14H11ClFNO4/c15-12-5-11(16)2-1-9(12)6-17-13(18)8-21-14(19)10-3-4-20-7-10/h1-5,7H,6,8H2,(H,17,18). The lowest BCUT2D eigenvalue weighted by atomic mass is 10.2. The van der Waals surface area contributed by atoms with Gasteiger partial charge in [0.15, 0.2) is 6.61 Å². The number of benzene rings is 1. The molecule has 0 saturated heterocycles. The second kappa shape index (κ2) is 6.90. The zero-order chi connectivity index (χ0) is 15.2. The fourth-order valence-corrected chi connectivity index (χ4v) is 1.74. The minimum absolute atomic E-state index is 0.112. The number of rotatable bonds is 5. The van der Waals surface area contributed by atoms with Gasteiger partial charge in [0, 0.05) is 11.6 Å². The maximum absolute atomic E-state index is 12.9. The van der Waals surface area contributed by atoms with E-state index in [1.807, 2.05) is 0 Å². The first-order valence-electron chi connectivity index (χ1n) is 5.96. The number of carbonyl (C=O) groups is 2. The van der Waals surface area contributed by atoms with E-state index in [0.717, 1.165) is 6.07 Å². The highest BCUT2D eigenvalue weighted by Crippen LogP contribution is 2.16. The monoisotopic (exact) mass is 311 g/mol. The van der Waals surface area contributed by atoms with Crippen molar-refractivity contribution in [3.63, 3.8) is 0 Å². The van der Waals surface area contributed by atoms with E-state index in [9.17, 15) is 14.0 Å². The van der Waals surface area contributed by atoms with Crippen LogP contribution in [0.25, 0.3) is 0 Å². The van der Waals surface area contributed by atoms with Crippen molar-refractivity contribution < 1.29 is 23.1 Å². The molecule has 0 unspecified atom stereocenters. The predicted molar refractivity (Wildman–Crippen MR) is 72.2 cm³/mol. The molecule has 0 bridgehead atoms. The van der Waals surface area contributed by atoms with Gasteiger partial charge < -0.3 is 14.5 Å². The van der Waals surface area contributed by atoms with Gasteiger partial charge in [-0.3, -0.25) is 4.79 Å². The zero-order valence-corrected chi connectivity index (χ0v) is 11.5. The molecule has 1 heterocycles. The summed E-state index contributed by atoms with van der Waals surface area (Å²) in [4.78, 5) is 23.0. The summed E-state index contributed by atoms with van der Waals surface area (Å²) in [6, 6.07) is 5.29. The van der Waals surface area contributed by atoms with Crippen LogP contribution in [-0.2, 0) is 16.1 Å². The summed E-state index contributed by atoms with van der Waals surface area (Å²) in [6.07, 6.45) is 2.55. The molecule has 0 atom stereocenters. The number of halogens is 2. The second-order valence-electron chi connectivity index (χ2n) is 4.10. The SMILES string of the molecule is O=C(COC(=O)c1ccoc1)NCc1ccc(F)cc1Cl. The molecule has 2 aromatic rings. The molecule has 0 aliphatic carbocycles. The quantitative estimate of drug-likeness (QED) is 0.862. The van der Waals surface area contributed by atoms with Crippen molar-refractivity contribution in [2.45, 2.75) is 6.54 Å². The highest BCUT2D eigenvalue weighted by atomic mass is 35.5. The molecule has 5 nitrogen and oxygen atoms in total. The predicted octanol–water partition coefficient (Wildman–Crippen LogP) is 2.55. The molecule has 0 spiro atoms. The molecule has 7 heteroatoms. The van der Waals surface area contributed by atoms with Gasteiger partial charge in [0.05, 0.1) is 11.8 Å². The number of nitrogens with one attached hydrogen (secondary N) is 1. The van der Waals surface area contributed by atoms with E-state index in [0.29, 0.717) is 5.56 Å². The zero-order valence-electron chi connectivity index (χ0n) is 10.8. The summed E-state index contributed by atoms with van der Waals surface area (Å²) in [7, 11) is 0. The lowest BCUT2D eigenvalue weighted by Gasteiger charge is -2.07. The first-order valence-corrected chi connectivity index (χ1v) is 6.34. The van der Waals surface area contributed by atoms with E-state index in [2.05, 4.69) is 5.32 Å². The molecule has 0 saturated carbocycles. The molecule has 0 aliphatic rings. The van der Waals surface area contributed by atoms with Crippen LogP contribution >= 0.6 is 11.6 Å². The molecule has 1 aromatic carbocycles. The second-order valence-corrected chi connectivity index (χ2v) is 4.51. The number of furan rings is 1. The first kappa shape index (κ1) is 15.1. The van der Waals surface area contributed by atoms with Crippen molar-refractivity contribution in [1.29, 1.82) is 0 Å². The van der Waals surface area contributed by atoms with Gasteiger partial charge in [-0.2, -0.15) is 0 Å². The van der Waals surface area contributed by atoms with Crippen LogP contribution in [0.5, 0.6) is 0 Å². The van der Waals surface area contributed by atoms with Crippen molar-refractivity contribution in [1.82, 2.24) is 5.32 Å². The topological polar surface area (TPSA) is 68.5 Å². The minimum atomic E-state index is -0.654. The molecular weight excluding hydrogens is 301 g/mol. The van der Waals surface area contributed by atoms with Crippen LogP contribution in [0, 0.1) is 5.82 Å². The van der Waals surface area contributed by atoms with Gasteiger partial charge in [0.2, 0.25) is 0 Å². The van der Waals surface area contributed by atoms with E-state index in [1.165, 1.54) is 30.7 Å². The Bertz CT molecular complexity index is 642. The molecule has 0 radical (unpaired) electrons. The van der Waals surface area contributed by atoms with Crippen LogP contribution < -0.4 is 5.32 Å². The van der Waals surface area contributed by atoms with Crippen LogP contribution in [0.15, 0.2) is 41.2 Å². The number of carbonyl (C=O) groups excluding carboxylic acids is 2. The third-order valence-corrected chi connectivity index (χ3v) is 2.93. The van der Waals surface area contributed by atoms with Crippen molar-refractivity contribution in [3.05, 3.63) is 58.8 Å². The Morgan fingerprint density at radius 1 is 1.33 bits per heavy atom. The summed E-state index contributed by atoms with van der Waals surface area (Å²) >= 11 is 5.82. The van der Waals surface area contributed by atoms with Crippen molar-refractivity contribution in [2.24, 2.45) is 0 Å². The van der Waals surface area contributed by atoms with Gasteiger partial charge in [-0.15, -0.1) is 0 Å². The van der Waals surface area contributed by atoms with Crippen LogP contribution in [-0.4, -0.2) is 18.5 Å². The Morgan fingerprint density at radius 2 is 2.14 bits per heavy atom. The average Bonchev–Trinajstić information content (AvgIpc) is 2.98. The maximum Gasteiger partial charge on any atom is 0.341 e. The molecule has 110 valence electrons. The normalized spacial score (nSPS) is 10.2. The van der Waals surface area contributed by atoms with Crippen molar-refractivity contribution in [2.75, 3.05) is 6.61 Å². The minimum Gasteiger partial charge on any atom is -0.472 e. The van der Waals surface area contributed by atoms with Gasteiger partial charge in [-0.25, -0.2) is 9.18 Å². The molecule has 21 heavy (non-hydrogen) atoms. The van der Waals surface area contributed by atoms with E-state index in [-0.39, 0.29) is 17.1 Å². The van der Waals surface area contributed by atoms with E-state index in [4.69, 9.17) is 20.8 Å². The number of hydrogen-bond acceptors (Lipinski definition) is 4. The van der Waals surface area contributed by atoms with E-state index in [1.54, 1.807) is 0 Å². The summed E-state index contributed by atoms with van der Waals surface area (Å²) in [5.74, 6) is -1.60. The van der Waals surface area contributed by atoms with Gasteiger partial charge in [0.25, 0.3) is 5.91 Å². The highest BCUT2D eigenvalue weighted by molar-refractivity contribution is 6.31. The van der Waals surface area contributed by atoms with Crippen LogP contribution in [0.2, 0.25) is 5.02 Å². The van der Waals surface area contributed by atoms with Crippen LogP contribution in [0.1, 0.15) is 15.9 Å². The Kier molecular flexibility index (Phi) is 4.94. The third-order valence-electron chi connectivity index (χ3n) is 2.58. The summed E-state index contributed by atoms with van der Waals surface area (Å²) < 4.78 is 22.4. The molecule has 0 fully saturated rings. The molecule has 1 amide bonds. The fraction of sp³-hybridized carbons (Fsp3) is 0.143. The smallest absolute Gasteiger partial charge is 0.341 e. The average molecular weight is 312 g/mol. The lowest BCUT2D eigenvalue weighted by Crippen LogP contribution is -2.28. The van der Waals surface area contributed by atoms with Gasteiger partial charge >= 0.3 is 5.97 Å². The number of amides is 1. The Balaban J connectivity index is 1.78. The molecule has 1 aromatic heterocycles. The van der Waals surface area contributed by atoms with E-state index < -0.39 is 24.3 Å². The van der Waals surface area contributed by atoms with E-state index >= 15 is 0 Å². The summed E-state index contributed by atoms with van der Waals surface area (Å²) in [5, 5.41) is 2.73. The lowest BCUT2D eigenvalue weighted by molar-refractivity contribution is -0.124. The number of esters is 1. The molecule has 1 N–H and O–H groups in total. The summed E-state index contributed by atoms with van der Waals surface area (Å²) in [6.45, 7) is -0.315. The van der Waals surface area contributed by atoms with Crippen molar-refractivity contribution >= 4 is 23.5 Å². The first-order chi connectivity index (χ1) is 10.1. The Morgan fingerprint density at radius 3 is 2.81 bits per heavy atom. The summed E-state index contributed by atoms with van der Waals surface area (Å²) in [5.41, 5.74) is 0.789. The Labute approximate surface area is 124 Å². The van der Waals surface area contributed by atoms with Crippen LogP contribution in [0.4, 0.5) is 4.39 Å². The number of ether oxygens (including phenoxy) is 1. The molecular formula is C14H11ClFNO4. The third kappa shape index (κ3) is 4.32. The highest BCUT2D eigenvalue weighted by Gasteiger charge is 2.11. The Hall–Kier alpha value is -2.34. The number of hydrogen-bond donors (Lipinski definition) is 1. The molecule has 0 aliphatic heterocycles. The van der Waals surface area contributed by atoms with Gasteiger partial charge in [0.1, 0.15) is 12.1 Å². The molecule has 2 rings (SSSR count). The van der Waals surface area contributed by atoms with Gasteiger partial charge in [-0.1, -0.05) is 17.7 Å². The van der Waals surface area contributed by atoms with Gasteiger partial charge in [-0.05, 0) is 23.8 Å².